The molecule has 1 fully saturated rings. The molecule has 1 aliphatic rings. The number of nitrogens with zero attached hydrogens (tertiary/aromatic N) is 1. The highest BCUT2D eigenvalue weighted by atomic mass is 16.4. The van der Waals surface area contributed by atoms with Gasteiger partial charge in [-0.25, -0.2) is 0 Å². The minimum Gasteiger partial charge on any atom is -0.481 e. The molecule has 1 aliphatic carbocycles. The highest BCUT2D eigenvalue weighted by molar-refractivity contribution is 5.95. The van der Waals surface area contributed by atoms with Gasteiger partial charge in [0.05, 0.1) is 11.8 Å². The molecule has 114 valence electrons. The quantitative estimate of drug-likeness (QED) is 0.894. The van der Waals surface area contributed by atoms with E-state index < -0.39 is 17.8 Å². The van der Waals surface area contributed by atoms with Crippen LogP contribution >= 0.6 is 0 Å². The minimum atomic E-state index is -0.863. The molecule has 21 heavy (non-hydrogen) atoms. The van der Waals surface area contributed by atoms with Gasteiger partial charge in [-0.3, -0.25) is 9.59 Å². The molecule has 2 N–H and O–H groups in total. The molecule has 5 heteroatoms. The van der Waals surface area contributed by atoms with Crippen LogP contribution in [-0.2, 0) is 9.59 Å². The van der Waals surface area contributed by atoms with Gasteiger partial charge in [0.25, 0.3) is 0 Å². The van der Waals surface area contributed by atoms with Gasteiger partial charge in [0, 0.05) is 25.5 Å². The molecule has 0 aliphatic heterocycles. The van der Waals surface area contributed by atoms with Crippen LogP contribution in [0.25, 0.3) is 0 Å². The summed E-state index contributed by atoms with van der Waals surface area (Å²) >= 11 is 0. The monoisotopic (exact) mass is 290 g/mol. The third kappa shape index (κ3) is 3.74. The SMILES string of the molecule is CN(C)c1ccc(NC(=O)[C@H]2CCCC[C@H]2C(=O)O)cc1. The summed E-state index contributed by atoms with van der Waals surface area (Å²) in [6.07, 6.45) is 3.05. The topological polar surface area (TPSA) is 69.6 Å². The minimum absolute atomic E-state index is 0.181. The second kappa shape index (κ2) is 6.61. The van der Waals surface area contributed by atoms with Crippen LogP contribution in [0.4, 0.5) is 11.4 Å². The maximum atomic E-state index is 12.3. The Labute approximate surface area is 125 Å². The van der Waals surface area contributed by atoms with Crippen molar-refractivity contribution in [3.8, 4) is 0 Å². The van der Waals surface area contributed by atoms with Crippen molar-refractivity contribution in [2.24, 2.45) is 11.8 Å². The van der Waals surface area contributed by atoms with Crippen molar-refractivity contribution in [3.63, 3.8) is 0 Å². The predicted molar refractivity (Wildman–Crippen MR) is 82.5 cm³/mol. The summed E-state index contributed by atoms with van der Waals surface area (Å²) in [5.41, 5.74) is 1.76. The number of carboxylic acids is 1. The number of aliphatic carboxylic acids is 1. The molecule has 0 saturated heterocycles. The normalized spacial score (nSPS) is 21.6. The second-order valence-corrected chi connectivity index (χ2v) is 5.77. The number of rotatable bonds is 4. The van der Waals surface area contributed by atoms with Gasteiger partial charge < -0.3 is 15.3 Å². The maximum absolute atomic E-state index is 12.3. The first-order valence-electron chi connectivity index (χ1n) is 7.30. The zero-order valence-electron chi connectivity index (χ0n) is 12.5. The van der Waals surface area contributed by atoms with Crippen LogP contribution in [0.15, 0.2) is 24.3 Å². The number of amides is 1. The number of hydrogen-bond donors (Lipinski definition) is 2. The van der Waals surface area contributed by atoms with Crippen LogP contribution in [0.1, 0.15) is 25.7 Å². The van der Waals surface area contributed by atoms with E-state index in [0.717, 1.165) is 18.5 Å². The van der Waals surface area contributed by atoms with Crippen LogP contribution in [0.3, 0.4) is 0 Å². The van der Waals surface area contributed by atoms with Gasteiger partial charge in [0.2, 0.25) is 5.91 Å². The molecule has 0 radical (unpaired) electrons. The van der Waals surface area contributed by atoms with E-state index in [1.807, 2.05) is 43.3 Å². The Morgan fingerprint density at radius 1 is 1.10 bits per heavy atom. The van der Waals surface area contributed by atoms with Crippen LogP contribution < -0.4 is 10.2 Å². The lowest BCUT2D eigenvalue weighted by atomic mass is 9.78. The first kappa shape index (κ1) is 15.4. The number of hydrogen-bond acceptors (Lipinski definition) is 3. The van der Waals surface area contributed by atoms with E-state index in [4.69, 9.17) is 0 Å². The maximum Gasteiger partial charge on any atom is 0.307 e. The van der Waals surface area contributed by atoms with Gasteiger partial charge in [0.15, 0.2) is 0 Å². The molecule has 2 rings (SSSR count). The molecule has 1 aromatic rings. The molecule has 0 unspecified atom stereocenters. The Balaban J connectivity index is 2.04. The zero-order valence-corrected chi connectivity index (χ0v) is 12.5. The number of anilines is 2. The second-order valence-electron chi connectivity index (χ2n) is 5.77. The Bertz CT molecular complexity index is 511. The van der Waals surface area contributed by atoms with E-state index in [0.29, 0.717) is 18.5 Å². The Morgan fingerprint density at radius 2 is 1.67 bits per heavy atom. The molecule has 1 aromatic carbocycles. The standard InChI is InChI=1S/C16H22N2O3/c1-18(2)12-9-7-11(8-10-12)17-15(19)13-5-3-4-6-14(13)16(20)21/h7-10,13-14H,3-6H2,1-2H3,(H,17,19)(H,20,21)/t13-,14+/m0/s1. The molecule has 1 amide bonds. The van der Waals surface area contributed by atoms with Crippen molar-refractivity contribution >= 4 is 23.3 Å². The van der Waals surface area contributed by atoms with Crippen LogP contribution in [0.5, 0.6) is 0 Å². The van der Waals surface area contributed by atoms with Crippen molar-refractivity contribution in [2.45, 2.75) is 25.7 Å². The van der Waals surface area contributed by atoms with Gasteiger partial charge in [-0.1, -0.05) is 12.8 Å². The van der Waals surface area contributed by atoms with Gasteiger partial charge in [-0.05, 0) is 37.1 Å². The van der Waals surface area contributed by atoms with E-state index in [1.165, 1.54) is 0 Å². The van der Waals surface area contributed by atoms with Crippen molar-refractivity contribution in [1.82, 2.24) is 0 Å². The third-order valence-electron chi connectivity index (χ3n) is 4.07. The molecule has 5 nitrogen and oxygen atoms in total. The highest BCUT2D eigenvalue weighted by Crippen LogP contribution is 2.31. The number of carboxylic acid groups (broad SMARTS) is 1. The molecule has 0 heterocycles. The van der Waals surface area contributed by atoms with E-state index >= 15 is 0 Å². The predicted octanol–water partition coefficient (Wildman–Crippen LogP) is 2.58. The summed E-state index contributed by atoms with van der Waals surface area (Å²) in [4.78, 5) is 25.6. The van der Waals surface area contributed by atoms with Gasteiger partial charge in [-0.15, -0.1) is 0 Å². The molecule has 2 atom stereocenters. The number of carbonyl (C=O) groups excluding carboxylic acids is 1. The van der Waals surface area contributed by atoms with Crippen LogP contribution in [0.2, 0.25) is 0 Å². The molecule has 1 saturated carbocycles. The van der Waals surface area contributed by atoms with E-state index in [-0.39, 0.29) is 5.91 Å². The number of benzene rings is 1. The summed E-state index contributed by atoms with van der Waals surface area (Å²) in [6, 6.07) is 7.52. The molecule has 0 spiro atoms. The lowest BCUT2D eigenvalue weighted by molar-refractivity contribution is -0.147. The smallest absolute Gasteiger partial charge is 0.307 e. The third-order valence-corrected chi connectivity index (χ3v) is 4.07. The average Bonchev–Trinajstić information content (AvgIpc) is 2.47. The fourth-order valence-electron chi connectivity index (χ4n) is 2.82. The average molecular weight is 290 g/mol. The Hall–Kier alpha value is -2.04. The summed E-state index contributed by atoms with van der Waals surface area (Å²) < 4.78 is 0. The van der Waals surface area contributed by atoms with Gasteiger partial charge >= 0.3 is 5.97 Å². The summed E-state index contributed by atoms with van der Waals surface area (Å²) in [6.45, 7) is 0. The first-order valence-corrected chi connectivity index (χ1v) is 7.30. The molecular weight excluding hydrogens is 268 g/mol. The molecule has 0 bridgehead atoms. The number of carbonyl (C=O) groups is 2. The summed E-state index contributed by atoms with van der Waals surface area (Å²) in [5, 5.41) is 12.1. The van der Waals surface area contributed by atoms with E-state index in [9.17, 15) is 14.7 Å². The van der Waals surface area contributed by atoms with Crippen molar-refractivity contribution in [3.05, 3.63) is 24.3 Å². The fraction of sp³-hybridized carbons (Fsp3) is 0.500. The fourth-order valence-corrected chi connectivity index (χ4v) is 2.82. The lowest BCUT2D eigenvalue weighted by Gasteiger charge is -2.27. The van der Waals surface area contributed by atoms with Crippen molar-refractivity contribution in [1.29, 1.82) is 0 Å². The van der Waals surface area contributed by atoms with Crippen LogP contribution in [-0.4, -0.2) is 31.1 Å². The van der Waals surface area contributed by atoms with Crippen molar-refractivity contribution in [2.75, 3.05) is 24.3 Å². The largest absolute Gasteiger partial charge is 0.481 e. The summed E-state index contributed by atoms with van der Waals surface area (Å²) in [7, 11) is 3.90. The van der Waals surface area contributed by atoms with E-state index in [2.05, 4.69) is 5.32 Å². The van der Waals surface area contributed by atoms with Gasteiger partial charge in [-0.2, -0.15) is 0 Å². The Kier molecular flexibility index (Phi) is 4.83. The summed E-state index contributed by atoms with van der Waals surface area (Å²) in [5.74, 6) is -2.03. The molecular formula is C16H22N2O3. The van der Waals surface area contributed by atoms with Gasteiger partial charge in [0.1, 0.15) is 0 Å². The lowest BCUT2D eigenvalue weighted by Crippen LogP contribution is -2.36. The molecule has 0 aromatic heterocycles. The van der Waals surface area contributed by atoms with Crippen LogP contribution in [0, 0.1) is 11.8 Å². The van der Waals surface area contributed by atoms with E-state index in [1.54, 1.807) is 0 Å². The number of nitrogens with one attached hydrogen (secondary N) is 1. The highest BCUT2D eigenvalue weighted by Gasteiger charge is 2.35. The van der Waals surface area contributed by atoms with Crippen molar-refractivity contribution < 1.29 is 14.7 Å². The first-order chi connectivity index (χ1) is 9.99. The Morgan fingerprint density at radius 3 is 2.19 bits per heavy atom. The zero-order chi connectivity index (χ0) is 15.4.